The van der Waals surface area contributed by atoms with Gasteiger partial charge in [0.25, 0.3) is 10.0 Å². The largest absolute Gasteiger partial charge is 0.308 e. The van der Waals surface area contributed by atoms with Crippen molar-refractivity contribution >= 4 is 15.7 Å². The van der Waals surface area contributed by atoms with Crippen molar-refractivity contribution in [3.8, 4) is 0 Å². The number of para-hydroxylation sites is 1. The van der Waals surface area contributed by atoms with Gasteiger partial charge in [-0.2, -0.15) is 0 Å². The van der Waals surface area contributed by atoms with E-state index >= 15 is 0 Å². The monoisotopic (exact) mass is 338 g/mol. The predicted molar refractivity (Wildman–Crippen MR) is 83.6 cm³/mol. The van der Waals surface area contributed by atoms with Crippen molar-refractivity contribution in [3.05, 3.63) is 59.7 Å². The molecule has 0 radical (unpaired) electrons. The van der Waals surface area contributed by atoms with Crippen LogP contribution in [0.1, 0.15) is 12.5 Å². The molecule has 0 amide bonds. The van der Waals surface area contributed by atoms with E-state index in [1.54, 1.807) is 12.1 Å². The molecule has 1 N–H and O–H groups in total. The van der Waals surface area contributed by atoms with Gasteiger partial charge in [0.05, 0.1) is 5.69 Å². The van der Waals surface area contributed by atoms with Crippen LogP contribution in [0, 0.1) is 11.6 Å². The van der Waals surface area contributed by atoms with Crippen molar-refractivity contribution in [2.24, 2.45) is 0 Å². The van der Waals surface area contributed by atoms with Crippen molar-refractivity contribution < 1.29 is 17.2 Å². The van der Waals surface area contributed by atoms with Crippen LogP contribution in [-0.4, -0.2) is 21.0 Å². The first kappa shape index (κ1) is 15.9. The molecule has 1 aliphatic heterocycles. The van der Waals surface area contributed by atoms with Gasteiger partial charge in [-0.15, -0.1) is 0 Å². The van der Waals surface area contributed by atoms with Crippen molar-refractivity contribution in [2.75, 3.05) is 10.8 Å². The summed E-state index contributed by atoms with van der Waals surface area (Å²) in [5.74, 6) is -1.76. The van der Waals surface area contributed by atoms with Crippen LogP contribution in [0.25, 0.3) is 0 Å². The third kappa shape index (κ3) is 2.94. The maximum Gasteiger partial charge on any atom is 0.267 e. The lowest BCUT2D eigenvalue weighted by atomic mass is 10.2. The van der Waals surface area contributed by atoms with Crippen LogP contribution in [0.3, 0.4) is 0 Å². The highest BCUT2D eigenvalue weighted by Gasteiger charge is 2.32. The summed E-state index contributed by atoms with van der Waals surface area (Å²) in [6.07, 6.45) is 0. The average molecular weight is 338 g/mol. The maximum atomic E-state index is 14.0. The quantitative estimate of drug-likeness (QED) is 0.916. The predicted octanol–water partition coefficient (Wildman–Crippen LogP) is 2.65. The first-order valence-electron chi connectivity index (χ1n) is 7.18. The number of hydrogen-bond acceptors (Lipinski definition) is 3. The Morgan fingerprint density at radius 1 is 1.17 bits per heavy atom. The number of fused-ring (bicyclic) bond motifs is 1. The third-order valence-electron chi connectivity index (χ3n) is 3.80. The van der Waals surface area contributed by atoms with Crippen molar-refractivity contribution in [3.63, 3.8) is 0 Å². The van der Waals surface area contributed by atoms with E-state index in [1.807, 2.05) is 19.1 Å². The Hall–Kier alpha value is -1.99. The van der Waals surface area contributed by atoms with Gasteiger partial charge in [0, 0.05) is 19.1 Å². The van der Waals surface area contributed by atoms with Crippen LogP contribution in [-0.2, 0) is 16.6 Å². The zero-order valence-corrected chi connectivity index (χ0v) is 13.3. The lowest BCUT2D eigenvalue weighted by Crippen LogP contribution is -2.40. The van der Waals surface area contributed by atoms with E-state index in [2.05, 4.69) is 5.32 Å². The summed E-state index contributed by atoms with van der Waals surface area (Å²) in [4.78, 5) is -0.651. The first-order valence-corrected chi connectivity index (χ1v) is 8.62. The number of anilines is 1. The summed E-state index contributed by atoms with van der Waals surface area (Å²) in [6.45, 7) is 2.49. The Kier molecular flexibility index (Phi) is 4.08. The molecule has 4 nitrogen and oxygen atoms in total. The second-order valence-electron chi connectivity index (χ2n) is 5.52. The number of halogens is 2. The minimum Gasteiger partial charge on any atom is -0.308 e. The van der Waals surface area contributed by atoms with Gasteiger partial charge in [0.15, 0.2) is 0 Å². The van der Waals surface area contributed by atoms with E-state index in [-0.39, 0.29) is 12.6 Å². The molecule has 2 aromatic rings. The minimum atomic E-state index is -4.21. The smallest absolute Gasteiger partial charge is 0.267 e. The van der Waals surface area contributed by atoms with E-state index in [9.17, 15) is 17.2 Å². The van der Waals surface area contributed by atoms with Gasteiger partial charge in [0.2, 0.25) is 0 Å². The van der Waals surface area contributed by atoms with Crippen molar-refractivity contribution in [2.45, 2.75) is 24.4 Å². The van der Waals surface area contributed by atoms with Crippen LogP contribution < -0.4 is 9.62 Å². The van der Waals surface area contributed by atoms with E-state index in [0.29, 0.717) is 12.2 Å². The molecule has 3 rings (SSSR count). The Morgan fingerprint density at radius 3 is 2.70 bits per heavy atom. The van der Waals surface area contributed by atoms with Gasteiger partial charge in [0.1, 0.15) is 16.5 Å². The normalized spacial score (nSPS) is 18.4. The molecule has 1 atom stereocenters. The third-order valence-corrected chi connectivity index (χ3v) is 5.60. The average Bonchev–Trinajstić information content (AvgIpc) is 2.70. The Balaban J connectivity index is 2.17. The van der Waals surface area contributed by atoms with Gasteiger partial charge < -0.3 is 5.32 Å². The summed E-state index contributed by atoms with van der Waals surface area (Å²) in [7, 11) is -4.21. The minimum absolute atomic E-state index is 0.131. The number of nitrogens with one attached hydrogen (secondary N) is 1. The highest BCUT2D eigenvalue weighted by Crippen LogP contribution is 2.30. The topological polar surface area (TPSA) is 49.4 Å². The van der Waals surface area contributed by atoms with Crippen LogP contribution in [0.15, 0.2) is 47.4 Å². The first-order chi connectivity index (χ1) is 10.9. The van der Waals surface area contributed by atoms with E-state index < -0.39 is 26.6 Å². The summed E-state index contributed by atoms with van der Waals surface area (Å²) in [5.41, 5.74) is 1.27. The molecule has 0 spiro atoms. The Labute approximate surface area is 133 Å². The number of rotatable bonds is 2. The number of benzene rings is 2. The molecular formula is C16H16F2N2O2S. The van der Waals surface area contributed by atoms with Gasteiger partial charge >= 0.3 is 0 Å². The Bertz CT molecular complexity index is 840. The van der Waals surface area contributed by atoms with Gasteiger partial charge in [-0.05, 0) is 36.8 Å². The maximum absolute atomic E-state index is 14.0. The summed E-state index contributed by atoms with van der Waals surface area (Å²) >= 11 is 0. The number of hydrogen-bond donors (Lipinski definition) is 1. The molecule has 2 aromatic carbocycles. The molecule has 0 aromatic heterocycles. The number of sulfonamides is 1. The highest BCUT2D eigenvalue weighted by molar-refractivity contribution is 7.92. The molecule has 1 aliphatic rings. The fraction of sp³-hybridized carbons (Fsp3) is 0.250. The van der Waals surface area contributed by atoms with Crippen molar-refractivity contribution in [1.29, 1.82) is 0 Å². The van der Waals surface area contributed by atoms with Gasteiger partial charge in [-0.1, -0.05) is 18.2 Å². The van der Waals surface area contributed by atoms with Gasteiger partial charge in [-0.3, -0.25) is 4.31 Å². The molecule has 0 saturated carbocycles. The highest BCUT2D eigenvalue weighted by atomic mass is 32.2. The molecule has 7 heteroatoms. The van der Waals surface area contributed by atoms with Crippen LogP contribution in [0.2, 0.25) is 0 Å². The Morgan fingerprint density at radius 2 is 1.91 bits per heavy atom. The van der Waals surface area contributed by atoms with Crippen molar-refractivity contribution in [1.82, 2.24) is 5.32 Å². The zero-order valence-electron chi connectivity index (χ0n) is 12.5. The lowest BCUT2D eigenvalue weighted by Gasteiger charge is -2.26. The molecule has 0 aliphatic carbocycles. The van der Waals surface area contributed by atoms with Crippen LogP contribution in [0.4, 0.5) is 14.5 Å². The fourth-order valence-electron chi connectivity index (χ4n) is 2.62. The molecule has 23 heavy (non-hydrogen) atoms. The zero-order chi connectivity index (χ0) is 16.6. The summed E-state index contributed by atoms with van der Waals surface area (Å²) in [5, 5.41) is 3.21. The van der Waals surface area contributed by atoms with E-state index in [0.717, 1.165) is 28.1 Å². The second-order valence-corrected chi connectivity index (χ2v) is 7.35. The van der Waals surface area contributed by atoms with Crippen LogP contribution >= 0.6 is 0 Å². The SMILES string of the molecule is CC1CN(S(=O)(=O)c2cc(F)ccc2F)c2ccccc2CN1. The van der Waals surface area contributed by atoms with Crippen LogP contribution in [0.5, 0.6) is 0 Å². The standard InChI is InChI=1S/C16H16F2N2O2S/c1-11-10-20(15-5-3-2-4-12(15)9-19-11)23(21,22)16-8-13(17)6-7-14(16)18/h2-8,11,19H,9-10H2,1H3. The summed E-state index contributed by atoms with van der Waals surface area (Å²) in [6, 6.07) is 9.32. The fourth-order valence-corrected chi connectivity index (χ4v) is 4.29. The second kappa shape index (κ2) is 5.90. The van der Waals surface area contributed by atoms with E-state index in [1.165, 1.54) is 0 Å². The van der Waals surface area contributed by atoms with Gasteiger partial charge in [-0.25, -0.2) is 17.2 Å². The lowest BCUT2D eigenvalue weighted by molar-refractivity contribution is 0.540. The molecular weight excluding hydrogens is 322 g/mol. The molecule has 0 bridgehead atoms. The molecule has 1 heterocycles. The molecule has 122 valence electrons. The number of nitrogens with zero attached hydrogens (tertiary/aromatic N) is 1. The summed E-state index contributed by atoms with van der Waals surface area (Å²) < 4.78 is 54.4. The molecule has 0 fully saturated rings. The molecule has 1 unspecified atom stereocenters. The molecule has 0 saturated heterocycles. The van der Waals surface area contributed by atoms with E-state index in [4.69, 9.17) is 0 Å².